The Morgan fingerprint density at radius 2 is 2.47 bits per heavy atom. The van der Waals surface area contributed by atoms with E-state index < -0.39 is 6.41 Å². The maximum absolute atomic E-state index is 9.29. The van der Waals surface area contributed by atoms with Gasteiger partial charge in [0.1, 0.15) is 11.9 Å². The molecule has 1 aliphatic heterocycles. The van der Waals surface area contributed by atoms with E-state index >= 15 is 0 Å². The summed E-state index contributed by atoms with van der Waals surface area (Å²) in [5.41, 5.74) is 1.21. The first kappa shape index (κ1) is 11.9. The number of nitrogens with zero attached hydrogens (tertiary/aromatic N) is 1. The second-order valence-electron chi connectivity index (χ2n) is 3.65. The van der Waals surface area contributed by atoms with Crippen LogP contribution in [0.3, 0.4) is 0 Å². The lowest BCUT2D eigenvalue weighted by atomic mass is 10.0. The lowest BCUT2D eigenvalue weighted by molar-refractivity contribution is -0.101. The molecule has 0 bridgehead atoms. The van der Waals surface area contributed by atoms with Gasteiger partial charge in [-0.3, -0.25) is 5.32 Å². The van der Waals surface area contributed by atoms with Crippen LogP contribution in [-0.4, -0.2) is 24.7 Å². The fourth-order valence-electron chi connectivity index (χ4n) is 1.88. The van der Waals surface area contributed by atoms with Gasteiger partial charge in [0.15, 0.2) is 0 Å². The van der Waals surface area contributed by atoms with Crippen LogP contribution in [0.15, 0.2) is 18.2 Å². The van der Waals surface area contributed by atoms with Crippen molar-refractivity contribution >= 4 is 0 Å². The zero-order valence-corrected chi connectivity index (χ0v) is 9.51. The van der Waals surface area contributed by atoms with E-state index in [4.69, 9.17) is 14.7 Å². The van der Waals surface area contributed by atoms with Crippen molar-refractivity contribution in [1.82, 2.24) is 5.32 Å². The van der Waals surface area contributed by atoms with E-state index in [2.05, 4.69) is 11.4 Å². The minimum atomic E-state index is -0.985. The van der Waals surface area contributed by atoms with Crippen molar-refractivity contribution < 1.29 is 14.6 Å². The van der Waals surface area contributed by atoms with Gasteiger partial charge in [0.25, 0.3) is 0 Å². The Kier molecular flexibility index (Phi) is 3.59. The molecule has 0 aromatic heterocycles. The Balaban J connectivity index is 2.38. The topological polar surface area (TPSA) is 74.5 Å². The molecular weight excluding hydrogens is 220 g/mol. The van der Waals surface area contributed by atoms with Gasteiger partial charge >= 0.3 is 0 Å². The van der Waals surface area contributed by atoms with Gasteiger partial charge < -0.3 is 14.6 Å². The first-order valence-electron chi connectivity index (χ1n) is 5.49. The van der Waals surface area contributed by atoms with E-state index in [9.17, 15) is 5.11 Å². The largest absolute Gasteiger partial charge is 0.493 e. The number of rotatable bonds is 3. The predicted octanol–water partition coefficient (Wildman–Crippen LogP) is 0.894. The molecule has 1 saturated heterocycles. The molecule has 5 heteroatoms. The van der Waals surface area contributed by atoms with Crippen molar-refractivity contribution in [2.75, 3.05) is 13.2 Å². The highest BCUT2D eigenvalue weighted by atomic mass is 16.6. The Morgan fingerprint density at radius 1 is 1.65 bits per heavy atom. The third kappa shape index (κ3) is 2.39. The van der Waals surface area contributed by atoms with Crippen LogP contribution < -0.4 is 10.1 Å². The van der Waals surface area contributed by atoms with Crippen molar-refractivity contribution in [3.63, 3.8) is 0 Å². The van der Waals surface area contributed by atoms with E-state index in [0.717, 1.165) is 0 Å². The number of nitrogens with one attached hydrogen (secondary N) is 1. The molecule has 1 aromatic carbocycles. The third-order valence-electron chi connectivity index (χ3n) is 2.58. The molecule has 2 atom stereocenters. The summed E-state index contributed by atoms with van der Waals surface area (Å²) in [6, 6.07) is 7.40. The van der Waals surface area contributed by atoms with E-state index in [1.165, 1.54) is 0 Å². The average Bonchev–Trinajstić information content (AvgIpc) is 2.75. The highest BCUT2D eigenvalue weighted by Gasteiger charge is 2.28. The van der Waals surface area contributed by atoms with Gasteiger partial charge in [-0.05, 0) is 19.1 Å². The van der Waals surface area contributed by atoms with Gasteiger partial charge in [0, 0.05) is 12.1 Å². The van der Waals surface area contributed by atoms with Crippen LogP contribution in [0, 0.1) is 11.3 Å². The Morgan fingerprint density at radius 3 is 3.06 bits per heavy atom. The molecule has 1 aromatic rings. The molecule has 0 aliphatic carbocycles. The summed E-state index contributed by atoms with van der Waals surface area (Å²) < 4.78 is 10.8. The van der Waals surface area contributed by atoms with Gasteiger partial charge in [-0.25, -0.2) is 0 Å². The molecule has 5 nitrogen and oxygen atoms in total. The molecule has 2 N–H and O–H groups in total. The van der Waals surface area contributed by atoms with E-state index in [1.807, 2.05) is 6.92 Å². The van der Waals surface area contributed by atoms with Crippen molar-refractivity contribution in [1.29, 1.82) is 5.26 Å². The number of nitriles is 1. The molecular formula is C12H14N2O3. The van der Waals surface area contributed by atoms with Crippen LogP contribution in [0.4, 0.5) is 0 Å². The summed E-state index contributed by atoms with van der Waals surface area (Å²) >= 11 is 0. The van der Waals surface area contributed by atoms with Crippen molar-refractivity contribution in [3.8, 4) is 11.8 Å². The second-order valence-corrected chi connectivity index (χ2v) is 3.65. The number of ether oxygens (including phenoxy) is 2. The standard InChI is InChI=1S/C12H14N2O3/c1-2-16-9-5-3-4-8(6-13)11(9)10-7-14-12(15)17-10/h3-5,10,12,14-15H,2,7H2,1H3. The van der Waals surface area contributed by atoms with Crippen LogP contribution in [0.1, 0.15) is 24.2 Å². The fourth-order valence-corrected chi connectivity index (χ4v) is 1.88. The van der Waals surface area contributed by atoms with Crippen LogP contribution in [0.2, 0.25) is 0 Å². The molecule has 90 valence electrons. The second kappa shape index (κ2) is 5.15. The van der Waals surface area contributed by atoms with Crippen molar-refractivity contribution in [2.24, 2.45) is 0 Å². The molecule has 1 aliphatic rings. The summed E-state index contributed by atoms with van der Waals surface area (Å²) in [5, 5.41) is 21.1. The quantitative estimate of drug-likeness (QED) is 0.812. The fraction of sp³-hybridized carbons (Fsp3) is 0.417. The minimum Gasteiger partial charge on any atom is -0.493 e. The Labute approximate surface area is 99.6 Å². The zero-order chi connectivity index (χ0) is 12.3. The summed E-state index contributed by atoms with van der Waals surface area (Å²) in [6.45, 7) is 2.86. The molecule has 0 spiro atoms. The Hall–Kier alpha value is -1.61. The first-order chi connectivity index (χ1) is 8.26. The zero-order valence-electron chi connectivity index (χ0n) is 9.51. The number of benzene rings is 1. The molecule has 2 rings (SSSR count). The van der Waals surface area contributed by atoms with E-state index in [0.29, 0.717) is 30.0 Å². The SMILES string of the molecule is CCOc1cccc(C#N)c1C1CNC(O)O1. The molecule has 0 radical (unpaired) electrons. The molecule has 1 fully saturated rings. The van der Waals surface area contributed by atoms with Gasteiger partial charge in [0.2, 0.25) is 6.41 Å². The highest BCUT2D eigenvalue weighted by molar-refractivity contribution is 5.48. The summed E-state index contributed by atoms with van der Waals surface area (Å²) in [6.07, 6.45) is -1.34. The van der Waals surface area contributed by atoms with Crippen molar-refractivity contribution in [2.45, 2.75) is 19.4 Å². The van der Waals surface area contributed by atoms with Crippen LogP contribution >= 0.6 is 0 Å². The monoisotopic (exact) mass is 234 g/mol. The van der Waals surface area contributed by atoms with Crippen molar-refractivity contribution in [3.05, 3.63) is 29.3 Å². The molecule has 0 saturated carbocycles. The lowest BCUT2D eigenvalue weighted by Crippen LogP contribution is -2.20. The van der Waals surface area contributed by atoms with Gasteiger partial charge in [-0.2, -0.15) is 5.26 Å². The van der Waals surface area contributed by atoms with Gasteiger partial charge in [0.05, 0.1) is 18.2 Å². The average molecular weight is 234 g/mol. The highest BCUT2D eigenvalue weighted by Crippen LogP contribution is 2.33. The van der Waals surface area contributed by atoms with Crippen LogP contribution in [0.5, 0.6) is 5.75 Å². The molecule has 2 unspecified atom stereocenters. The number of aliphatic hydroxyl groups is 1. The summed E-state index contributed by atoms with van der Waals surface area (Å²) in [5.74, 6) is 0.632. The van der Waals surface area contributed by atoms with Crippen LogP contribution in [0.25, 0.3) is 0 Å². The third-order valence-corrected chi connectivity index (χ3v) is 2.58. The normalized spacial score (nSPS) is 23.4. The minimum absolute atomic E-state index is 0.359. The summed E-state index contributed by atoms with van der Waals surface area (Å²) in [7, 11) is 0. The maximum atomic E-state index is 9.29. The predicted molar refractivity (Wildman–Crippen MR) is 60.2 cm³/mol. The van der Waals surface area contributed by atoms with E-state index in [-0.39, 0.29) is 6.10 Å². The molecule has 0 amide bonds. The van der Waals surface area contributed by atoms with Gasteiger partial charge in [-0.1, -0.05) is 6.07 Å². The number of hydrogen-bond acceptors (Lipinski definition) is 5. The Bertz CT molecular complexity index is 442. The van der Waals surface area contributed by atoms with E-state index in [1.54, 1.807) is 18.2 Å². The summed E-state index contributed by atoms with van der Waals surface area (Å²) in [4.78, 5) is 0. The molecule has 17 heavy (non-hydrogen) atoms. The van der Waals surface area contributed by atoms with Gasteiger partial charge in [-0.15, -0.1) is 0 Å². The smallest absolute Gasteiger partial charge is 0.214 e. The first-order valence-corrected chi connectivity index (χ1v) is 5.49. The lowest BCUT2D eigenvalue weighted by Gasteiger charge is -2.16. The molecule has 1 heterocycles. The number of aliphatic hydroxyl groups excluding tert-OH is 1. The van der Waals surface area contributed by atoms with Crippen LogP contribution in [-0.2, 0) is 4.74 Å². The maximum Gasteiger partial charge on any atom is 0.214 e. The number of hydrogen-bond donors (Lipinski definition) is 2.